The summed E-state index contributed by atoms with van der Waals surface area (Å²) in [5, 5.41) is 4.62. The van der Waals surface area contributed by atoms with Gasteiger partial charge in [0.15, 0.2) is 0 Å². The molecule has 0 bridgehead atoms. The summed E-state index contributed by atoms with van der Waals surface area (Å²) in [7, 11) is 0. The third kappa shape index (κ3) is 3.11. The lowest BCUT2D eigenvalue weighted by Crippen LogP contribution is -2.44. The van der Waals surface area contributed by atoms with Crippen LogP contribution < -0.4 is 5.32 Å². The van der Waals surface area contributed by atoms with Gasteiger partial charge in [0.05, 0.1) is 0 Å². The first kappa shape index (κ1) is 11.7. The largest absolute Gasteiger partial charge is 0.381 e. The minimum Gasteiger partial charge on any atom is -0.381 e. The minimum absolute atomic E-state index is 0.667. The molecule has 0 saturated carbocycles. The van der Waals surface area contributed by atoms with Crippen molar-refractivity contribution in [3.8, 4) is 0 Å². The van der Waals surface area contributed by atoms with Crippen LogP contribution in [0.3, 0.4) is 0 Å². The second kappa shape index (κ2) is 5.55. The number of hydrogen-bond donors (Lipinski definition) is 1. The lowest BCUT2D eigenvalue weighted by Gasteiger charge is -2.31. The maximum absolute atomic E-state index is 5.41. The summed E-state index contributed by atoms with van der Waals surface area (Å²) in [5.41, 5.74) is 0. The van der Waals surface area contributed by atoms with Crippen LogP contribution in [0, 0.1) is 5.92 Å². The van der Waals surface area contributed by atoms with Crippen molar-refractivity contribution in [2.45, 2.75) is 50.4 Å². The highest BCUT2D eigenvalue weighted by Gasteiger charge is 2.28. The zero-order valence-corrected chi connectivity index (χ0v) is 10.7. The number of ether oxygens (including phenoxy) is 1. The Morgan fingerprint density at radius 1 is 1.27 bits per heavy atom. The monoisotopic (exact) mass is 229 g/mol. The highest BCUT2D eigenvalue weighted by Crippen LogP contribution is 2.28. The molecule has 0 aromatic heterocycles. The van der Waals surface area contributed by atoms with Crippen molar-refractivity contribution in [1.29, 1.82) is 0 Å². The normalized spacial score (nSPS) is 35.6. The summed E-state index contributed by atoms with van der Waals surface area (Å²) in [6.07, 6.45) is 3.82. The molecule has 2 rings (SSSR count). The number of thioether (sulfide) groups is 1. The van der Waals surface area contributed by atoms with Crippen LogP contribution >= 0.6 is 11.8 Å². The first-order valence-electron chi connectivity index (χ1n) is 6.23. The summed E-state index contributed by atoms with van der Waals surface area (Å²) >= 11 is 2.11. The highest BCUT2D eigenvalue weighted by molar-refractivity contribution is 8.00. The zero-order valence-electron chi connectivity index (χ0n) is 9.87. The molecule has 0 spiro atoms. The molecular weight excluding hydrogens is 206 g/mol. The molecule has 2 heterocycles. The topological polar surface area (TPSA) is 21.3 Å². The van der Waals surface area contributed by atoms with Gasteiger partial charge in [-0.3, -0.25) is 0 Å². The van der Waals surface area contributed by atoms with Crippen LogP contribution in [-0.4, -0.2) is 36.3 Å². The van der Waals surface area contributed by atoms with E-state index in [0.717, 1.165) is 30.4 Å². The van der Waals surface area contributed by atoms with E-state index >= 15 is 0 Å². The van der Waals surface area contributed by atoms with Gasteiger partial charge in [-0.1, -0.05) is 6.92 Å². The van der Waals surface area contributed by atoms with E-state index in [-0.39, 0.29) is 0 Å². The van der Waals surface area contributed by atoms with E-state index in [0.29, 0.717) is 6.04 Å². The third-order valence-corrected chi connectivity index (χ3v) is 5.15. The van der Waals surface area contributed by atoms with Crippen molar-refractivity contribution in [2.75, 3.05) is 19.0 Å². The molecule has 1 N–H and O–H groups in total. The Hall–Kier alpha value is 0.270. The van der Waals surface area contributed by atoms with Gasteiger partial charge < -0.3 is 10.1 Å². The summed E-state index contributed by atoms with van der Waals surface area (Å²) in [6, 6.07) is 1.41. The molecule has 3 unspecified atom stereocenters. The van der Waals surface area contributed by atoms with Gasteiger partial charge in [0.2, 0.25) is 0 Å². The fourth-order valence-corrected chi connectivity index (χ4v) is 3.85. The predicted molar refractivity (Wildman–Crippen MR) is 66.5 cm³/mol. The van der Waals surface area contributed by atoms with Crippen molar-refractivity contribution in [3.63, 3.8) is 0 Å². The number of nitrogens with one attached hydrogen (secondary N) is 1. The molecule has 0 amide bonds. The van der Waals surface area contributed by atoms with Gasteiger partial charge in [-0.15, -0.1) is 0 Å². The fourth-order valence-electron chi connectivity index (χ4n) is 2.64. The van der Waals surface area contributed by atoms with Crippen LogP contribution in [0.25, 0.3) is 0 Å². The second-order valence-corrected chi connectivity index (χ2v) is 6.36. The molecule has 2 aliphatic heterocycles. The average Bonchev–Trinajstić information content (AvgIpc) is 2.66. The van der Waals surface area contributed by atoms with Crippen LogP contribution in [0.4, 0.5) is 0 Å². The maximum Gasteiger partial charge on any atom is 0.0469 e. The van der Waals surface area contributed by atoms with Crippen LogP contribution in [0.15, 0.2) is 0 Å². The van der Waals surface area contributed by atoms with E-state index in [4.69, 9.17) is 4.74 Å². The van der Waals surface area contributed by atoms with E-state index in [2.05, 4.69) is 30.9 Å². The quantitative estimate of drug-likeness (QED) is 0.802. The molecule has 2 aliphatic rings. The maximum atomic E-state index is 5.41. The molecule has 3 atom stereocenters. The van der Waals surface area contributed by atoms with Gasteiger partial charge in [0, 0.05) is 30.5 Å². The Balaban J connectivity index is 1.77. The molecule has 0 aliphatic carbocycles. The molecule has 88 valence electrons. The lowest BCUT2D eigenvalue weighted by molar-refractivity contribution is 0.0545. The highest BCUT2D eigenvalue weighted by atomic mass is 32.2. The number of rotatable bonds is 3. The SMILES string of the molecule is CC(NC1CCSC1C)C1CCOCC1. The summed E-state index contributed by atoms with van der Waals surface area (Å²) in [6.45, 7) is 6.63. The first-order valence-corrected chi connectivity index (χ1v) is 7.27. The summed E-state index contributed by atoms with van der Waals surface area (Å²) in [5.74, 6) is 2.16. The van der Waals surface area contributed by atoms with Gasteiger partial charge in [-0.25, -0.2) is 0 Å². The lowest BCUT2D eigenvalue weighted by atomic mass is 9.92. The van der Waals surface area contributed by atoms with Crippen LogP contribution in [0.5, 0.6) is 0 Å². The second-order valence-electron chi connectivity index (χ2n) is 4.88. The zero-order chi connectivity index (χ0) is 10.7. The first-order chi connectivity index (χ1) is 7.27. The Morgan fingerprint density at radius 3 is 2.60 bits per heavy atom. The molecule has 2 fully saturated rings. The van der Waals surface area contributed by atoms with Crippen molar-refractivity contribution < 1.29 is 4.74 Å². The third-order valence-electron chi connectivity index (χ3n) is 3.83. The van der Waals surface area contributed by atoms with Crippen LogP contribution in [-0.2, 0) is 4.74 Å². The Morgan fingerprint density at radius 2 is 2.00 bits per heavy atom. The summed E-state index contributed by atoms with van der Waals surface area (Å²) < 4.78 is 5.41. The molecule has 0 aromatic carbocycles. The van der Waals surface area contributed by atoms with Crippen molar-refractivity contribution in [3.05, 3.63) is 0 Å². The van der Waals surface area contributed by atoms with Gasteiger partial charge in [-0.2, -0.15) is 11.8 Å². The van der Waals surface area contributed by atoms with Crippen LogP contribution in [0.2, 0.25) is 0 Å². The minimum atomic E-state index is 0.667. The van der Waals surface area contributed by atoms with E-state index in [9.17, 15) is 0 Å². The molecule has 0 aromatic rings. The van der Waals surface area contributed by atoms with E-state index < -0.39 is 0 Å². The van der Waals surface area contributed by atoms with Crippen molar-refractivity contribution >= 4 is 11.8 Å². The van der Waals surface area contributed by atoms with Gasteiger partial charge in [0.1, 0.15) is 0 Å². The number of hydrogen-bond acceptors (Lipinski definition) is 3. The predicted octanol–water partition coefficient (Wildman–Crippen LogP) is 2.29. The van der Waals surface area contributed by atoms with Crippen molar-refractivity contribution in [2.24, 2.45) is 5.92 Å². The van der Waals surface area contributed by atoms with E-state index in [1.807, 2.05) is 0 Å². The molecule has 2 saturated heterocycles. The molecule has 2 nitrogen and oxygen atoms in total. The Bertz CT molecular complexity index is 194. The smallest absolute Gasteiger partial charge is 0.0469 e. The van der Waals surface area contributed by atoms with E-state index in [1.165, 1.54) is 25.0 Å². The van der Waals surface area contributed by atoms with Crippen LogP contribution in [0.1, 0.15) is 33.1 Å². The van der Waals surface area contributed by atoms with Gasteiger partial charge in [0.25, 0.3) is 0 Å². The van der Waals surface area contributed by atoms with E-state index in [1.54, 1.807) is 0 Å². The van der Waals surface area contributed by atoms with Crippen molar-refractivity contribution in [1.82, 2.24) is 5.32 Å². The molecule has 0 radical (unpaired) electrons. The Labute approximate surface area is 97.5 Å². The Kier molecular flexibility index (Phi) is 4.35. The van der Waals surface area contributed by atoms with Gasteiger partial charge >= 0.3 is 0 Å². The average molecular weight is 229 g/mol. The molecular formula is C12H23NOS. The van der Waals surface area contributed by atoms with Gasteiger partial charge in [-0.05, 0) is 37.9 Å². The fraction of sp³-hybridized carbons (Fsp3) is 1.00. The molecule has 15 heavy (non-hydrogen) atoms. The standard InChI is InChI=1S/C12H23NOS/c1-9(11-3-6-14-7-4-11)13-12-5-8-15-10(12)2/h9-13H,3-8H2,1-2H3. The molecule has 3 heteroatoms. The summed E-state index contributed by atoms with van der Waals surface area (Å²) in [4.78, 5) is 0.